The Balaban J connectivity index is 1.94. The van der Waals surface area contributed by atoms with Gasteiger partial charge >= 0.3 is 0 Å². The summed E-state index contributed by atoms with van der Waals surface area (Å²) in [4.78, 5) is 6.73. The normalized spacial score (nSPS) is 19.2. The molecule has 18 heavy (non-hydrogen) atoms. The first-order valence-electron chi connectivity index (χ1n) is 6.31. The van der Waals surface area contributed by atoms with Crippen molar-refractivity contribution in [3.05, 3.63) is 36.0 Å². The van der Waals surface area contributed by atoms with Crippen LogP contribution in [0.5, 0.6) is 5.75 Å². The fourth-order valence-electron chi connectivity index (χ4n) is 2.53. The maximum Gasteiger partial charge on any atom is 0.142 e. The van der Waals surface area contributed by atoms with Crippen molar-refractivity contribution in [2.45, 2.75) is 12.5 Å². The number of anilines is 1. The van der Waals surface area contributed by atoms with E-state index in [4.69, 9.17) is 10.5 Å². The lowest BCUT2D eigenvalue weighted by Crippen LogP contribution is -2.45. The number of allylic oxidation sites excluding steroid dienone is 1. The van der Waals surface area contributed by atoms with Gasteiger partial charge in [-0.25, -0.2) is 0 Å². The van der Waals surface area contributed by atoms with Gasteiger partial charge in [0.25, 0.3) is 0 Å². The smallest absolute Gasteiger partial charge is 0.142 e. The van der Waals surface area contributed by atoms with Crippen LogP contribution < -0.4 is 15.4 Å². The van der Waals surface area contributed by atoms with E-state index in [9.17, 15) is 0 Å². The first-order chi connectivity index (χ1) is 8.90. The van der Waals surface area contributed by atoms with Crippen LogP contribution in [0.15, 0.2) is 41.0 Å². The van der Waals surface area contributed by atoms with Crippen molar-refractivity contribution in [2.75, 3.05) is 24.6 Å². The molecule has 94 valence electrons. The number of nitrogens with zero attached hydrogens (tertiary/aromatic N) is 2. The van der Waals surface area contributed by atoms with Crippen LogP contribution in [0.4, 0.5) is 5.69 Å². The summed E-state index contributed by atoms with van der Waals surface area (Å²) in [5.41, 5.74) is 8.13. The Kier molecular flexibility index (Phi) is 3.02. The molecule has 2 heterocycles. The van der Waals surface area contributed by atoms with Crippen LogP contribution in [0.1, 0.15) is 6.42 Å². The Labute approximate surface area is 107 Å². The topological polar surface area (TPSA) is 50.8 Å². The molecule has 1 aromatic carbocycles. The minimum Gasteiger partial charge on any atom is -0.490 e. The van der Waals surface area contributed by atoms with Gasteiger partial charge < -0.3 is 15.4 Å². The second-order valence-electron chi connectivity index (χ2n) is 4.44. The molecule has 4 heteroatoms. The fraction of sp³-hybridized carbons (Fsp3) is 0.357. The molecular formula is C14H17N3O. The molecule has 0 radical (unpaired) electrons. The maximum absolute atomic E-state index is 5.94. The zero-order valence-corrected chi connectivity index (χ0v) is 10.2. The molecule has 0 bridgehead atoms. The molecule has 0 aliphatic carbocycles. The predicted molar refractivity (Wildman–Crippen MR) is 73.3 cm³/mol. The second kappa shape index (κ2) is 4.82. The lowest BCUT2D eigenvalue weighted by Gasteiger charge is -2.37. The van der Waals surface area contributed by atoms with Gasteiger partial charge in [-0.15, -0.1) is 0 Å². The van der Waals surface area contributed by atoms with E-state index in [-0.39, 0.29) is 6.04 Å². The number of ether oxygens (including phenoxy) is 1. The van der Waals surface area contributed by atoms with Gasteiger partial charge in [0.2, 0.25) is 0 Å². The van der Waals surface area contributed by atoms with Gasteiger partial charge in [-0.2, -0.15) is 0 Å². The van der Waals surface area contributed by atoms with Crippen molar-refractivity contribution in [3.63, 3.8) is 0 Å². The van der Waals surface area contributed by atoms with E-state index in [2.05, 4.69) is 22.0 Å². The van der Waals surface area contributed by atoms with E-state index in [1.54, 1.807) is 0 Å². The first kappa shape index (κ1) is 11.3. The lowest BCUT2D eigenvalue weighted by atomic mass is 10.1. The molecule has 0 aromatic heterocycles. The number of para-hydroxylation sites is 2. The largest absolute Gasteiger partial charge is 0.490 e. The van der Waals surface area contributed by atoms with Gasteiger partial charge in [-0.05, 0) is 12.1 Å². The Bertz CT molecular complexity index is 496. The van der Waals surface area contributed by atoms with Crippen molar-refractivity contribution in [1.29, 1.82) is 0 Å². The van der Waals surface area contributed by atoms with Crippen molar-refractivity contribution in [3.8, 4) is 5.75 Å². The SMILES string of the molecule is NCC(C1=CCC=N1)N1CCOc2ccccc21. The van der Waals surface area contributed by atoms with Gasteiger partial charge in [0.05, 0.1) is 24.0 Å². The third-order valence-corrected chi connectivity index (χ3v) is 3.38. The standard InChI is InChI=1S/C14H17N3O/c15-10-13(11-4-3-7-16-11)17-8-9-18-14-6-2-1-5-12(14)17/h1-2,4-7,13H,3,8-10,15H2. The summed E-state index contributed by atoms with van der Waals surface area (Å²) in [5.74, 6) is 0.935. The second-order valence-corrected chi connectivity index (χ2v) is 4.44. The molecule has 1 unspecified atom stereocenters. The van der Waals surface area contributed by atoms with E-state index in [1.165, 1.54) is 0 Å². The van der Waals surface area contributed by atoms with Crippen LogP contribution in [0.2, 0.25) is 0 Å². The zero-order valence-electron chi connectivity index (χ0n) is 10.2. The highest BCUT2D eigenvalue weighted by atomic mass is 16.5. The summed E-state index contributed by atoms with van der Waals surface area (Å²) in [6.07, 6.45) is 5.00. The maximum atomic E-state index is 5.94. The van der Waals surface area contributed by atoms with Crippen molar-refractivity contribution >= 4 is 11.9 Å². The number of hydrogen-bond acceptors (Lipinski definition) is 4. The summed E-state index contributed by atoms with van der Waals surface area (Å²) >= 11 is 0. The van der Waals surface area contributed by atoms with E-state index < -0.39 is 0 Å². The highest BCUT2D eigenvalue weighted by Crippen LogP contribution is 2.34. The molecule has 1 aromatic rings. The highest BCUT2D eigenvalue weighted by molar-refractivity contribution is 5.67. The molecule has 0 fully saturated rings. The summed E-state index contributed by atoms with van der Waals surface area (Å²) in [6.45, 7) is 2.12. The average Bonchev–Trinajstić information content (AvgIpc) is 2.94. The molecule has 2 aliphatic rings. The zero-order chi connectivity index (χ0) is 12.4. The molecule has 1 atom stereocenters. The molecular weight excluding hydrogens is 226 g/mol. The molecule has 0 spiro atoms. The highest BCUT2D eigenvalue weighted by Gasteiger charge is 2.27. The van der Waals surface area contributed by atoms with Gasteiger partial charge in [0.1, 0.15) is 12.4 Å². The minimum absolute atomic E-state index is 0.147. The number of nitrogens with two attached hydrogens (primary N) is 1. The molecule has 3 rings (SSSR count). The fourth-order valence-corrected chi connectivity index (χ4v) is 2.53. The van der Waals surface area contributed by atoms with Gasteiger partial charge in [0.15, 0.2) is 0 Å². The van der Waals surface area contributed by atoms with E-state index in [0.717, 1.165) is 30.1 Å². The Morgan fingerprint density at radius 3 is 3.06 bits per heavy atom. The monoisotopic (exact) mass is 243 g/mol. The molecule has 0 saturated heterocycles. The third kappa shape index (κ3) is 1.88. The molecule has 0 amide bonds. The minimum atomic E-state index is 0.147. The molecule has 2 aliphatic heterocycles. The number of aliphatic imine (C=N–C) groups is 1. The number of benzene rings is 1. The van der Waals surface area contributed by atoms with Crippen molar-refractivity contribution < 1.29 is 4.74 Å². The number of fused-ring (bicyclic) bond motifs is 1. The quantitative estimate of drug-likeness (QED) is 0.876. The van der Waals surface area contributed by atoms with Gasteiger partial charge in [-0.3, -0.25) is 4.99 Å². The third-order valence-electron chi connectivity index (χ3n) is 3.38. The molecule has 4 nitrogen and oxygen atoms in total. The Morgan fingerprint density at radius 2 is 2.28 bits per heavy atom. The summed E-state index contributed by atoms with van der Waals surface area (Å²) < 4.78 is 5.67. The number of hydrogen-bond donors (Lipinski definition) is 1. The summed E-state index contributed by atoms with van der Waals surface area (Å²) in [5, 5.41) is 0. The predicted octanol–water partition coefficient (Wildman–Crippen LogP) is 1.57. The van der Waals surface area contributed by atoms with Crippen LogP contribution in [-0.2, 0) is 0 Å². The van der Waals surface area contributed by atoms with Crippen molar-refractivity contribution in [1.82, 2.24) is 0 Å². The van der Waals surface area contributed by atoms with E-state index in [0.29, 0.717) is 13.2 Å². The van der Waals surface area contributed by atoms with Gasteiger partial charge in [0, 0.05) is 19.2 Å². The summed E-state index contributed by atoms with van der Waals surface area (Å²) in [6, 6.07) is 8.25. The average molecular weight is 243 g/mol. The Morgan fingerprint density at radius 1 is 1.39 bits per heavy atom. The van der Waals surface area contributed by atoms with Crippen LogP contribution in [0.25, 0.3) is 0 Å². The van der Waals surface area contributed by atoms with Crippen LogP contribution in [0, 0.1) is 0 Å². The van der Waals surface area contributed by atoms with Crippen molar-refractivity contribution in [2.24, 2.45) is 10.7 Å². The van der Waals surface area contributed by atoms with E-state index in [1.807, 2.05) is 24.4 Å². The van der Waals surface area contributed by atoms with E-state index >= 15 is 0 Å². The van der Waals surface area contributed by atoms with Gasteiger partial charge in [-0.1, -0.05) is 18.2 Å². The van der Waals surface area contributed by atoms with Crippen LogP contribution in [0.3, 0.4) is 0 Å². The summed E-state index contributed by atoms with van der Waals surface area (Å²) in [7, 11) is 0. The lowest BCUT2D eigenvalue weighted by molar-refractivity contribution is 0.303. The van der Waals surface area contributed by atoms with Crippen LogP contribution in [-0.4, -0.2) is 32.0 Å². The Hall–Kier alpha value is -1.81. The molecule has 0 saturated carbocycles. The number of rotatable bonds is 3. The first-order valence-corrected chi connectivity index (χ1v) is 6.31. The molecule has 2 N–H and O–H groups in total. The van der Waals surface area contributed by atoms with Crippen LogP contribution >= 0.6 is 0 Å².